The van der Waals surface area contributed by atoms with Gasteiger partial charge in [-0.1, -0.05) is 57.3 Å². The molecule has 1 aliphatic rings. The standard InChI is InChI=1S/C27H28BrCl2N3O5S2/c28-22-6-10-24(11-7-22)40(37,38)33(18-21-5-12-25(29)26(30)17-21)19-27(34)31-14-13-20-3-8-23(9-4-20)39(35,36)32-15-1-2-16-32/h3-12,17H,1-2,13-16,18-19H2,(H,31,34). The third-order valence-corrected chi connectivity index (χ3v) is 11.5. The average Bonchev–Trinajstić information content (AvgIpc) is 3.47. The minimum absolute atomic E-state index is 0.0486. The van der Waals surface area contributed by atoms with Crippen LogP contribution in [0.25, 0.3) is 0 Å². The Bertz CT molecular complexity index is 1560. The minimum atomic E-state index is -4.02. The molecule has 13 heteroatoms. The van der Waals surface area contributed by atoms with Crippen LogP contribution in [0.15, 0.2) is 81.0 Å². The highest BCUT2D eigenvalue weighted by molar-refractivity contribution is 9.10. The van der Waals surface area contributed by atoms with Gasteiger partial charge in [0.25, 0.3) is 0 Å². The molecule has 1 amide bonds. The molecule has 0 atom stereocenters. The quantitative estimate of drug-likeness (QED) is 0.302. The van der Waals surface area contributed by atoms with E-state index in [1.807, 2.05) is 0 Å². The Hall–Kier alpha value is -1.99. The second-order valence-electron chi connectivity index (χ2n) is 9.33. The molecule has 0 radical (unpaired) electrons. The van der Waals surface area contributed by atoms with E-state index >= 15 is 0 Å². The van der Waals surface area contributed by atoms with Gasteiger partial charge in [0.1, 0.15) is 0 Å². The van der Waals surface area contributed by atoms with Crippen LogP contribution >= 0.6 is 39.1 Å². The monoisotopic (exact) mass is 687 g/mol. The van der Waals surface area contributed by atoms with Crippen molar-refractivity contribution < 1.29 is 21.6 Å². The lowest BCUT2D eigenvalue weighted by molar-refractivity contribution is -0.121. The van der Waals surface area contributed by atoms with E-state index in [1.165, 1.54) is 16.4 Å². The lowest BCUT2D eigenvalue weighted by Crippen LogP contribution is -2.40. The van der Waals surface area contributed by atoms with Gasteiger partial charge in [-0.2, -0.15) is 8.61 Å². The third kappa shape index (κ3) is 7.64. The molecule has 1 heterocycles. The summed E-state index contributed by atoms with van der Waals surface area (Å²) in [6, 6.07) is 17.6. The minimum Gasteiger partial charge on any atom is -0.355 e. The van der Waals surface area contributed by atoms with E-state index in [9.17, 15) is 21.6 Å². The molecule has 40 heavy (non-hydrogen) atoms. The summed E-state index contributed by atoms with van der Waals surface area (Å²) in [7, 11) is -7.51. The summed E-state index contributed by atoms with van der Waals surface area (Å²) in [6.45, 7) is 0.822. The van der Waals surface area contributed by atoms with E-state index in [-0.39, 0.29) is 27.9 Å². The number of carbonyl (C=O) groups excluding carboxylic acids is 1. The smallest absolute Gasteiger partial charge is 0.243 e. The molecule has 3 aromatic rings. The van der Waals surface area contributed by atoms with Crippen molar-refractivity contribution in [2.75, 3.05) is 26.2 Å². The summed E-state index contributed by atoms with van der Waals surface area (Å²) in [6.07, 6.45) is 2.18. The van der Waals surface area contributed by atoms with Crippen LogP contribution in [0.5, 0.6) is 0 Å². The molecular weight excluding hydrogens is 661 g/mol. The van der Waals surface area contributed by atoms with Crippen LogP contribution in [0.2, 0.25) is 10.0 Å². The molecule has 1 saturated heterocycles. The number of nitrogens with zero attached hydrogens (tertiary/aromatic N) is 2. The summed E-state index contributed by atoms with van der Waals surface area (Å²) in [5, 5.41) is 3.39. The van der Waals surface area contributed by atoms with Crippen LogP contribution < -0.4 is 5.32 Å². The maximum Gasteiger partial charge on any atom is 0.243 e. The maximum atomic E-state index is 13.5. The first kappa shape index (κ1) is 31.0. The van der Waals surface area contributed by atoms with Crippen LogP contribution in [0, 0.1) is 0 Å². The molecule has 0 bridgehead atoms. The molecule has 0 aromatic heterocycles. The summed E-state index contributed by atoms with van der Waals surface area (Å²) in [5.41, 5.74) is 1.42. The normalized spacial score (nSPS) is 14.5. The maximum absolute atomic E-state index is 13.5. The SMILES string of the molecule is O=C(CN(Cc1ccc(Cl)c(Cl)c1)S(=O)(=O)c1ccc(Br)cc1)NCCc1ccc(S(=O)(=O)N2CCCC2)cc1. The predicted octanol–water partition coefficient (Wildman–Crippen LogP) is 5.09. The lowest BCUT2D eigenvalue weighted by atomic mass is 10.1. The Morgan fingerprint density at radius 2 is 1.45 bits per heavy atom. The summed E-state index contributed by atoms with van der Waals surface area (Å²) in [5.74, 6) is -0.478. The Kier molecular flexibility index (Phi) is 10.3. The first-order valence-electron chi connectivity index (χ1n) is 12.5. The summed E-state index contributed by atoms with van der Waals surface area (Å²) in [4.78, 5) is 13.2. The van der Waals surface area contributed by atoms with Gasteiger partial charge in [-0.05, 0) is 78.9 Å². The van der Waals surface area contributed by atoms with Gasteiger partial charge in [0.05, 0.1) is 26.4 Å². The molecule has 0 unspecified atom stereocenters. The van der Waals surface area contributed by atoms with Crippen molar-refractivity contribution in [3.63, 3.8) is 0 Å². The molecule has 0 spiro atoms. The highest BCUT2D eigenvalue weighted by atomic mass is 79.9. The number of hydrogen-bond acceptors (Lipinski definition) is 5. The fraction of sp³-hybridized carbons (Fsp3) is 0.296. The zero-order valence-corrected chi connectivity index (χ0v) is 26.1. The van der Waals surface area contributed by atoms with E-state index < -0.39 is 32.5 Å². The molecule has 1 aliphatic heterocycles. The summed E-state index contributed by atoms with van der Waals surface area (Å²) < 4.78 is 55.7. The zero-order chi connectivity index (χ0) is 28.9. The van der Waals surface area contributed by atoms with Crippen LogP contribution in [0.4, 0.5) is 0 Å². The predicted molar refractivity (Wildman–Crippen MR) is 159 cm³/mol. The second-order valence-corrected chi connectivity index (χ2v) is 14.9. The van der Waals surface area contributed by atoms with Crippen LogP contribution in [-0.2, 0) is 37.8 Å². The first-order valence-corrected chi connectivity index (χ1v) is 17.0. The molecule has 8 nitrogen and oxygen atoms in total. The van der Waals surface area contributed by atoms with Gasteiger partial charge in [-0.3, -0.25) is 4.79 Å². The topological polar surface area (TPSA) is 104 Å². The Balaban J connectivity index is 1.41. The fourth-order valence-electron chi connectivity index (χ4n) is 4.29. The van der Waals surface area contributed by atoms with Gasteiger partial charge >= 0.3 is 0 Å². The average molecular weight is 689 g/mol. The number of nitrogens with one attached hydrogen (secondary N) is 1. The van der Waals surface area contributed by atoms with Crippen molar-refractivity contribution in [3.05, 3.63) is 92.4 Å². The van der Waals surface area contributed by atoms with Crippen LogP contribution in [0.1, 0.15) is 24.0 Å². The van der Waals surface area contributed by atoms with E-state index in [0.29, 0.717) is 30.1 Å². The first-order chi connectivity index (χ1) is 19.0. The number of amides is 1. The number of rotatable bonds is 11. The van der Waals surface area contributed by atoms with Crippen molar-refractivity contribution in [2.24, 2.45) is 0 Å². The van der Waals surface area contributed by atoms with Crippen molar-refractivity contribution in [1.29, 1.82) is 0 Å². The van der Waals surface area contributed by atoms with Gasteiger partial charge in [-0.15, -0.1) is 0 Å². The van der Waals surface area contributed by atoms with Crippen molar-refractivity contribution in [3.8, 4) is 0 Å². The van der Waals surface area contributed by atoms with Crippen LogP contribution in [0.3, 0.4) is 0 Å². The van der Waals surface area contributed by atoms with Crippen molar-refractivity contribution in [1.82, 2.24) is 13.9 Å². The Morgan fingerprint density at radius 1 is 0.850 bits per heavy atom. The van der Waals surface area contributed by atoms with E-state index in [0.717, 1.165) is 27.2 Å². The molecular formula is C27H28BrCl2N3O5S2. The number of carbonyl (C=O) groups is 1. The van der Waals surface area contributed by atoms with Gasteiger partial charge in [0.2, 0.25) is 26.0 Å². The molecule has 0 aliphatic carbocycles. The van der Waals surface area contributed by atoms with E-state index in [1.54, 1.807) is 54.6 Å². The largest absolute Gasteiger partial charge is 0.355 e. The molecule has 1 fully saturated rings. The van der Waals surface area contributed by atoms with Crippen molar-refractivity contribution in [2.45, 2.75) is 35.6 Å². The summed E-state index contributed by atoms with van der Waals surface area (Å²) >= 11 is 15.4. The number of benzene rings is 3. The number of hydrogen-bond donors (Lipinski definition) is 1. The van der Waals surface area contributed by atoms with E-state index in [2.05, 4.69) is 21.2 Å². The van der Waals surface area contributed by atoms with Crippen molar-refractivity contribution >= 4 is 65.1 Å². The molecule has 1 N–H and O–H groups in total. The third-order valence-electron chi connectivity index (χ3n) is 6.48. The van der Waals surface area contributed by atoms with Gasteiger partial charge < -0.3 is 5.32 Å². The molecule has 3 aromatic carbocycles. The van der Waals surface area contributed by atoms with Gasteiger partial charge in [-0.25, -0.2) is 16.8 Å². The molecule has 214 valence electrons. The lowest BCUT2D eigenvalue weighted by Gasteiger charge is -2.22. The Morgan fingerprint density at radius 3 is 2.08 bits per heavy atom. The zero-order valence-electron chi connectivity index (χ0n) is 21.4. The molecule has 4 rings (SSSR count). The van der Waals surface area contributed by atoms with Gasteiger partial charge in [0, 0.05) is 30.7 Å². The molecule has 0 saturated carbocycles. The number of sulfonamides is 2. The van der Waals surface area contributed by atoms with Crippen LogP contribution in [-0.4, -0.2) is 57.5 Å². The van der Waals surface area contributed by atoms with E-state index in [4.69, 9.17) is 23.2 Å². The highest BCUT2D eigenvalue weighted by Crippen LogP contribution is 2.26. The Labute approximate surface area is 253 Å². The fourth-order valence-corrected chi connectivity index (χ4v) is 7.78. The second kappa shape index (κ2) is 13.3. The highest BCUT2D eigenvalue weighted by Gasteiger charge is 2.28. The van der Waals surface area contributed by atoms with Gasteiger partial charge in [0.15, 0.2) is 0 Å². The number of halogens is 3.